The topological polar surface area (TPSA) is 83.9 Å². The molecular formula is C10H15NO5. The predicted octanol–water partition coefficient (Wildman–Crippen LogP) is 0.650. The summed E-state index contributed by atoms with van der Waals surface area (Å²) in [7, 11) is 0. The van der Waals surface area contributed by atoms with Gasteiger partial charge in [-0.2, -0.15) is 0 Å². The second-order valence-corrected chi connectivity index (χ2v) is 4.63. The number of amides is 1. The van der Waals surface area contributed by atoms with Crippen LogP contribution < -0.4 is 0 Å². The van der Waals surface area contributed by atoms with Crippen molar-refractivity contribution in [1.29, 1.82) is 0 Å². The van der Waals surface area contributed by atoms with Gasteiger partial charge >= 0.3 is 12.1 Å². The molecule has 0 spiro atoms. The summed E-state index contributed by atoms with van der Waals surface area (Å²) in [5, 5.41) is 8.83. The molecule has 1 saturated heterocycles. The van der Waals surface area contributed by atoms with Crippen LogP contribution in [-0.4, -0.2) is 46.0 Å². The quantitative estimate of drug-likeness (QED) is 0.667. The Bertz CT molecular complexity index is 331. The number of aliphatic carboxylic acids is 1. The molecule has 0 aliphatic carbocycles. The summed E-state index contributed by atoms with van der Waals surface area (Å²) in [6.45, 7) is 5.14. The molecule has 1 amide bonds. The van der Waals surface area contributed by atoms with Crippen molar-refractivity contribution in [3.8, 4) is 0 Å². The van der Waals surface area contributed by atoms with Gasteiger partial charge in [-0.1, -0.05) is 0 Å². The molecule has 1 atom stereocenters. The summed E-state index contributed by atoms with van der Waals surface area (Å²) in [6, 6.07) is -1.39. The third-order valence-electron chi connectivity index (χ3n) is 2.08. The van der Waals surface area contributed by atoms with Crippen LogP contribution in [0, 0.1) is 0 Å². The maximum Gasteiger partial charge on any atom is 0.411 e. The first-order valence-electron chi connectivity index (χ1n) is 4.97. The molecule has 6 nitrogen and oxygen atoms in total. The normalized spacial score (nSPS) is 21.1. The zero-order chi connectivity index (χ0) is 12.5. The second kappa shape index (κ2) is 4.11. The highest BCUT2D eigenvalue weighted by Crippen LogP contribution is 2.18. The van der Waals surface area contributed by atoms with Crippen LogP contribution in [0.5, 0.6) is 0 Å². The molecule has 1 N–H and O–H groups in total. The Morgan fingerprint density at radius 3 is 2.44 bits per heavy atom. The van der Waals surface area contributed by atoms with Crippen molar-refractivity contribution in [2.75, 3.05) is 6.54 Å². The molecule has 1 rings (SSSR count). The van der Waals surface area contributed by atoms with Crippen LogP contribution in [0.15, 0.2) is 0 Å². The summed E-state index contributed by atoms with van der Waals surface area (Å²) in [4.78, 5) is 34.7. The van der Waals surface area contributed by atoms with Gasteiger partial charge < -0.3 is 9.84 Å². The Labute approximate surface area is 93.2 Å². The molecule has 0 saturated carbocycles. The van der Waals surface area contributed by atoms with Gasteiger partial charge in [0.2, 0.25) is 0 Å². The Morgan fingerprint density at radius 2 is 2.00 bits per heavy atom. The van der Waals surface area contributed by atoms with Gasteiger partial charge in [0.15, 0.2) is 11.8 Å². The van der Waals surface area contributed by atoms with E-state index < -0.39 is 29.5 Å². The highest BCUT2D eigenvalue weighted by Gasteiger charge is 2.42. The summed E-state index contributed by atoms with van der Waals surface area (Å²) in [5.41, 5.74) is -0.703. The van der Waals surface area contributed by atoms with Gasteiger partial charge in [0.05, 0.1) is 0 Å². The molecule has 0 bridgehead atoms. The van der Waals surface area contributed by atoms with Gasteiger partial charge in [-0.05, 0) is 20.8 Å². The number of rotatable bonds is 1. The molecule has 16 heavy (non-hydrogen) atoms. The van der Waals surface area contributed by atoms with E-state index in [2.05, 4.69) is 0 Å². The van der Waals surface area contributed by atoms with Crippen LogP contribution in [0.2, 0.25) is 0 Å². The number of ketones is 1. The van der Waals surface area contributed by atoms with Crippen molar-refractivity contribution in [1.82, 2.24) is 4.90 Å². The van der Waals surface area contributed by atoms with Crippen LogP contribution >= 0.6 is 0 Å². The highest BCUT2D eigenvalue weighted by atomic mass is 16.6. The molecule has 1 fully saturated rings. The van der Waals surface area contributed by atoms with Gasteiger partial charge in [0.25, 0.3) is 0 Å². The van der Waals surface area contributed by atoms with E-state index in [1.54, 1.807) is 20.8 Å². The summed E-state index contributed by atoms with van der Waals surface area (Å²) in [5.74, 6) is -1.77. The lowest BCUT2D eigenvalue weighted by Crippen LogP contribution is -2.45. The van der Waals surface area contributed by atoms with E-state index in [4.69, 9.17) is 9.84 Å². The molecule has 0 radical (unpaired) electrons. The lowest BCUT2D eigenvalue weighted by molar-refractivity contribution is -0.145. The molecule has 0 aromatic heterocycles. The van der Waals surface area contributed by atoms with Crippen LogP contribution in [0.25, 0.3) is 0 Å². The first kappa shape index (κ1) is 12.5. The molecule has 0 unspecified atom stereocenters. The number of ether oxygens (including phenoxy) is 1. The molecule has 1 heterocycles. The number of carbonyl (C=O) groups excluding carboxylic acids is 2. The van der Waals surface area contributed by atoms with Crippen molar-refractivity contribution in [2.45, 2.75) is 38.8 Å². The van der Waals surface area contributed by atoms with E-state index in [0.29, 0.717) is 0 Å². The molecule has 90 valence electrons. The van der Waals surface area contributed by atoms with Crippen LogP contribution in [0.4, 0.5) is 4.79 Å². The summed E-state index contributed by atoms with van der Waals surface area (Å²) >= 11 is 0. The minimum Gasteiger partial charge on any atom is -0.479 e. The first-order chi connectivity index (χ1) is 7.22. The smallest absolute Gasteiger partial charge is 0.411 e. The van der Waals surface area contributed by atoms with Crippen LogP contribution in [0.1, 0.15) is 27.2 Å². The number of Topliss-reactive ketones (excluding diaryl/α,β-unsaturated/α-hetero) is 1. The van der Waals surface area contributed by atoms with E-state index in [-0.39, 0.29) is 13.0 Å². The SMILES string of the molecule is CC(C)(C)OC(=O)N1CCC(=O)[C@H]1C(=O)O. The number of carboxylic acids is 1. The van der Waals surface area contributed by atoms with Crippen molar-refractivity contribution in [3.05, 3.63) is 0 Å². The Hall–Kier alpha value is -1.59. The van der Waals surface area contributed by atoms with Crippen LogP contribution in [0.3, 0.4) is 0 Å². The third-order valence-corrected chi connectivity index (χ3v) is 2.08. The largest absolute Gasteiger partial charge is 0.479 e. The summed E-state index contributed by atoms with van der Waals surface area (Å²) < 4.78 is 5.02. The molecule has 0 aromatic rings. The average Bonchev–Trinajstić information content (AvgIpc) is 2.43. The zero-order valence-corrected chi connectivity index (χ0v) is 9.52. The van der Waals surface area contributed by atoms with Gasteiger partial charge in [-0.25, -0.2) is 9.59 Å². The maximum absolute atomic E-state index is 11.6. The number of carbonyl (C=O) groups is 3. The Morgan fingerprint density at radius 1 is 1.44 bits per heavy atom. The van der Waals surface area contributed by atoms with Gasteiger partial charge in [-0.3, -0.25) is 9.69 Å². The minimum absolute atomic E-state index is 0.0657. The Kier molecular flexibility index (Phi) is 3.21. The molecule has 6 heteroatoms. The fourth-order valence-electron chi connectivity index (χ4n) is 1.46. The lowest BCUT2D eigenvalue weighted by Gasteiger charge is -2.26. The number of hydrogen-bond donors (Lipinski definition) is 1. The lowest BCUT2D eigenvalue weighted by atomic mass is 10.2. The van der Waals surface area contributed by atoms with E-state index in [1.165, 1.54) is 0 Å². The van der Waals surface area contributed by atoms with Crippen molar-refractivity contribution < 1.29 is 24.2 Å². The number of likely N-dealkylation sites (tertiary alicyclic amines) is 1. The molecule has 0 aromatic carbocycles. The zero-order valence-electron chi connectivity index (χ0n) is 9.52. The van der Waals surface area contributed by atoms with Crippen molar-refractivity contribution in [3.63, 3.8) is 0 Å². The third kappa shape index (κ3) is 2.71. The number of carboxylic acid groups (broad SMARTS) is 1. The van der Waals surface area contributed by atoms with Gasteiger partial charge in [-0.15, -0.1) is 0 Å². The van der Waals surface area contributed by atoms with E-state index in [9.17, 15) is 14.4 Å². The predicted molar refractivity (Wildman–Crippen MR) is 54.0 cm³/mol. The fourth-order valence-corrected chi connectivity index (χ4v) is 1.46. The van der Waals surface area contributed by atoms with E-state index >= 15 is 0 Å². The van der Waals surface area contributed by atoms with Crippen LogP contribution in [-0.2, 0) is 14.3 Å². The highest BCUT2D eigenvalue weighted by molar-refractivity contribution is 6.06. The van der Waals surface area contributed by atoms with E-state index in [0.717, 1.165) is 4.90 Å². The van der Waals surface area contributed by atoms with Crippen molar-refractivity contribution >= 4 is 17.8 Å². The first-order valence-corrected chi connectivity index (χ1v) is 4.97. The van der Waals surface area contributed by atoms with Crippen molar-refractivity contribution in [2.24, 2.45) is 0 Å². The monoisotopic (exact) mass is 229 g/mol. The second-order valence-electron chi connectivity index (χ2n) is 4.63. The number of hydrogen-bond acceptors (Lipinski definition) is 4. The molecule has 1 aliphatic rings. The average molecular weight is 229 g/mol. The molecule has 1 aliphatic heterocycles. The van der Waals surface area contributed by atoms with Gasteiger partial charge in [0.1, 0.15) is 5.60 Å². The fraction of sp³-hybridized carbons (Fsp3) is 0.700. The standard InChI is InChI=1S/C10H15NO5/c1-10(2,3)16-9(15)11-5-4-6(12)7(11)8(13)14/h7H,4-5H2,1-3H3,(H,13,14)/t7-/m0/s1. The maximum atomic E-state index is 11.6. The number of nitrogens with zero attached hydrogens (tertiary/aromatic N) is 1. The van der Waals surface area contributed by atoms with Gasteiger partial charge in [0, 0.05) is 13.0 Å². The Balaban J connectivity index is 2.77. The minimum atomic E-state index is -1.39. The van der Waals surface area contributed by atoms with E-state index in [1.807, 2.05) is 0 Å². The molecular weight excluding hydrogens is 214 g/mol. The summed E-state index contributed by atoms with van der Waals surface area (Å²) in [6.07, 6.45) is -0.693.